The molecule has 0 N–H and O–H groups in total. The normalized spacial score (nSPS) is 19.3. The van der Waals surface area contributed by atoms with Gasteiger partial charge in [0.25, 0.3) is 0 Å². The number of aromatic nitrogens is 5. The van der Waals surface area contributed by atoms with Crippen molar-refractivity contribution in [2.45, 2.75) is 42.9 Å². The second-order valence-electron chi connectivity index (χ2n) is 8.25. The number of hydrogen-bond donors (Lipinski definition) is 0. The molecule has 4 rings (SSSR count). The molecular formula is C19H26F3N7S. The van der Waals surface area contributed by atoms with Crippen molar-refractivity contribution in [3.63, 3.8) is 0 Å². The van der Waals surface area contributed by atoms with Crippen LogP contribution in [0, 0.1) is 0 Å². The molecule has 2 fully saturated rings. The molecule has 164 valence electrons. The molecule has 1 saturated heterocycles. The number of anilines is 1. The molecule has 0 bridgehead atoms. The molecule has 0 unspecified atom stereocenters. The highest BCUT2D eigenvalue weighted by molar-refractivity contribution is 7.99. The minimum absolute atomic E-state index is 0.307. The third-order valence-electron chi connectivity index (χ3n) is 5.76. The number of rotatable bonds is 7. The van der Waals surface area contributed by atoms with Gasteiger partial charge in [-0.2, -0.15) is 13.2 Å². The van der Waals surface area contributed by atoms with E-state index in [1.165, 1.54) is 0 Å². The van der Waals surface area contributed by atoms with E-state index in [9.17, 15) is 13.2 Å². The van der Waals surface area contributed by atoms with E-state index in [0.29, 0.717) is 24.7 Å². The van der Waals surface area contributed by atoms with E-state index >= 15 is 0 Å². The lowest BCUT2D eigenvalue weighted by molar-refractivity contribution is -0.141. The number of thioether (sulfide) groups is 1. The van der Waals surface area contributed by atoms with E-state index in [0.717, 1.165) is 55.9 Å². The Labute approximate surface area is 178 Å². The number of halogens is 3. The SMILES string of the molecule is Cn1cnnc1SCCCN1CCN(c2cc(C(F)(F)F)nc(C3(C)CC3)n2)CC1. The van der Waals surface area contributed by atoms with Gasteiger partial charge in [0.05, 0.1) is 0 Å². The monoisotopic (exact) mass is 441 g/mol. The van der Waals surface area contributed by atoms with Crippen LogP contribution in [0.1, 0.15) is 37.7 Å². The fraction of sp³-hybridized carbons (Fsp3) is 0.684. The number of hydrogen-bond acceptors (Lipinski definition) is 7. The Morgan fingerprint density at radius 2 is 1.87 bits per heavy atom. The topological polar surface area (TPSA) is 63.0 Å². The van der Waals surface area contributed by atoms with Crippen molar-refractivity contribution in [1.29, 1.82) is 0 Å². The number of alkyl halides is 3. The van der Waals surface area contributed by atoms with Crippen molar-refractivity contribution < 1.29 is 13.2 Å². The van der Waals surface area contributed by atoms with Crippen LogP contribution < -0.4 is 4.90 Å². The van der Waals surface area contributed by atoms with E-state index in [-0.39, 0.29) is 5.41 Å². The van der Waals surface area contributed by atoms with Crippen LogP contribution in [0.3, 0.4) is 0 Å². The Kier molecular flexibility index (Phi) is 5.93. The van der Waals surface area contributed by atoms with Gasteiger partial charge in [-0.15, -0.1) is 10.2 Å². The minimum atomic E-state index is -4.46. The highest BCUT2D eigenvalue weighted by Gasteiger charge is 2.44. The first-order valence-corrected chi connectivity index (χ1v) is 11.1. The lowest BCUT2D eigenvalue weighted by Gasteiger charge is -2.35. The Morgan fingerprint density at radius 1 is 1.13 bits per heavy atom. The summed E-state index contributed by atoms with van der Waals surface area (Å²) in [5.41, 5.74) is -1.14. The van der Waals surface area contributed by atoms with Crippen molar-refractivity contribution in [2.75, 3.05) is 43.4 Å². The number of nitrogens with zero attached hydrogens (tertiary/aromatic N) is 7. The molecule has 3 heterocycles. The van der Waals surface area contributed by atoms with Gasteiger partial charge < -0.3 is 9.47 Å². The highest BCUT2D eigenvalue weighted by Crippen LogP contribution is 2.47. The lowest BCUT2D eigenvalue weighted by Crippen LogP contribution is -2.47. The fourth-order valence-corrected chi connectivity index (χ4v) is 4.29. The largest absolute Gasteiger partial charge is 0.433 e. The van der Waals surface area contributed by atoms with Gasteiger partial charge in [-0.1, -0.05) is 18.7 Å². The van der Waals surface area contributed by atoms with E-state index in [1.807, 2.05) is 23.4 Å². The molecule has 2 aromatic rings. The minimum Gasteiger partial charge on any atom is -0.354 e. The molecule has 0 radical (unpaired) electrons. The lowest BCUT2D eigenvalue weighted by atomic mass is 10.1. The van der Waals surface area contributed by atoms with Crippen molar-refractivity contribution in [3.8, 4) is 0 Å². The molecule has 30 heavy (non-hydrogen) atoms. The van der Waals surface area contributed by atoms with E-state index in [1.54, 1.807) is 18.1 Å². The first kappa shape index (κ1) is 21.4. The molecule has 2 aromatic heterocycles. The Balaban J connectivity index is 1.32. The summed E-state index contributed by atoms with van der Waals surface area (Å²) >= 11 is 1.68. The van der Waals surface area contributed by atoms with Gasteiger partial charge >= 0.3 is 6.18 Å². The molecule has 0 aromatic carbocycles. The molecule has 2 aliphatic rings. The molecule has 0 atom stereocenters. The second-order valence-corrected chi connectivity index (χ2v) is 9.31. The third kappa shape index (κ3) is 4.88. The van der Waals surface area contributed by atoms with E-state index in [2.05, 4.69) is 25.1 Å². The van der Waals surface area contributed by atoms with Crippen LogP contribution in [0.5, 0.6) is 0 Å². The molecule has 1 aliphatic heterocycles. The average molecular weight is 442 g/mol. The quantitative estimate of drug-likeness (QED) is 0.484. The van der Waals surface area contributed by atoms with Crippen LogP contribution in [0.2, 0.25) is 0 Å². The third-order valence-corrected chi connectivity index (χ3v) is 6.88. The maximum absolute atomic E-state index is 13.4. The smallest absolute Gasteiger partial charge is 0.354 e. The zero-order valence-electron chi connectivity index (χ0n) is 17.2. The standard InChI is InChI=1S/C19H26F3N7S/c1-18(4-5-18)16-24-14(19(20,21)22)12-15(25-16)29-9-7-28(8-10-29)6-3-11-30-17-26-23-13-27(17)2/h12-13H,3-11H2,1-2H3. The molecule has 0 spiro atoms. The number of aryl methyl sites for hydroxylation is 1. The summed E-state index contributed by atoms with van der Waals surface area (Å²) in [6, 6.07) is 1.10. The number of piperazine rings is 1. The Bertz CT molecular complexity index is 850. The second kappa shape index (κ2) is 8.33. The van der Waals surface area contributed by atoms with Crippen LogP contribution >= 0.6 is 11.8 Å². The van der Waals surface area contributed by atoms with Crippen molar-refractivity contribution >= 4 is 17.6 Å². The van der Waals surface area contributed by atoms with Gasteiger partial charge in [0, 0.05) is 50.5 Å². The zero-order valence-corrected chi connectivity index (χ0v) is 18.0. The summed E-state index contributed by atoms with van der Waals surface area (Å²) in [7, 11) is 1.92. The predicted molar refractivity (Wildman–Crippen MR) is 109 cm³/mol. The average Bonchev–Trinajstić information content (AvgIpc) is 3.35. The van der Waals surface area contributed by atoms with Crippen LogP contribution in [-0.4, -0.2) is 68.1 Å². The van der Waals surface area contributed by atoms with Crippen LogP contribution in [-0.2, 0) is 18.6 Å². The summed E-state index contributed by atoms with van der Waals surface area (Å²) in [5.74, 6) is 1.68. The first-order chi connectivity index (χ1) is 14.2. The Hall–Kier alpha value is -1.88. The zero-order chi connectivity index (χ0) is 21.4. The van der Waals surface area contributed by atoms with E-state index in [4.69, 9.17) is 0 Å². The van der Waals surface area contributed by atoms with Gasteiger partial charge in [-0.3, -0.25) is 4.90 Å². The maximum Gasteiger partial charge on any atom is 0.433 e. The highest BCUT2D eigenvalue weighted by atomic mass is 32.2. The molecule has 1 saturated carbocycles. The molecule has 7 nitrogen and oxygen atoms in total. The van der Waals surface area contributed by atoms with Gasteiger partial charge in [0.2, 0.25) is 0 Å². The van der Waals surface area contributed by atoms with Crippen LogP contribution in [0.15, 0.2) is 17.6 Å². The van der Waals surface area contributed by atoms with Crippen molar-refractivity contribution in [3.05, 3.63) is 23.9 Å². The van der Waals surface area contributed by atoms with Crippen molar-refractivity contribution in [2.24, 2.45) is 7.05 Å². The van der Waals surface area contributed by atoms with Gasteiger partial charge in [-0.05, 0) is 25.8 Å². The molecule has 11 heteroatoms. The summed E-state index contributed by atoms with van der Waals surface area (Å²) < 4.78 is 42.0. The summed E-state index contributed by atoms with van der Waals surface area (Å²) in [6.45, 7) is 5.85. The first-order valence-electron chi connectivity index (χ1n) is 10.2. The predicted octanol–water partition coefficient (Wildman–Crippen LogP) is 2.98. The molecular weight excluding hydrogens is 415 g/mol. The summed E-state index contributed by atoms with van der Waals surface area (Å²) in [4.78, 5) is 12.7. The van der Waals surface area contributed by atoms with Gasteiger partial charge in [0.1, 0.15) is 23.7 Å². The molecule has 1 aliphatic carbocycles. The van der Waals surface area contributed by atoms with Crippen LogP contribution in [0.4, 0.5) is 19.0 Å². The summed E-state index contributed by atoms with van der Waals surface area (Å²) in [6.07, 6.45) is -0.0681. The van der Waals surface area contributed by atoms with Gasteiger partial charge in [0.15, 0.2) is 5.16 Å². The Morgan fingerprint density at radius 3 is 2.47 bits per heavy atom. The maximum atomic E-state index is 13.4. The van der Waals surface area contributed by atoms with Gasteiger partial charge in [-0.25, -0.2) is 9.97 Å². The van der Waals surface area contributed by atoms with Crippen molar-refractivity contribution in [1.82, 2.24) is 29.6 Å². The van der Waals surface area contributed by atoms with E-state index < -0.39 is 11.9 Å². The fourth-order valence-electron chi connectivity index (χ4n) is 3.48. The molecule has 0 amide bonds. The van der Waals surface area contributed by atoms with Crippen LogP contribution in [0.25, 0.3) is 0 Å². The summed E-state index contributed by atoms with van der Waals surface area (Å²) in [5, 5.41) is 8.84.